The van der Waals surface area contributed by atoms with Crippen molar-refractivity contribution in [2.24, 2.45) is 0 Å². The molecule has 0 amide bonds. The molecule has 1 aromatic heterocycles. The third kappa shape index (κ3) is 3.24. The maximum Gasteiger partial charge on any atom is 0.336 e. The minimum atomic E-state index is -0.362. The molecule has 1 aliphatic rings. The molecule has 0 spiro atoms. The van der Waals surface area contributed by atoms with Gasteiger partial charge in [0.1, 0.15) is 17.4 Å². The summed E-state index contributed by atoms with van der Waals surface area (Å²) in [6.07, 6.45) is 2.78. The van der Waals surface area contributed by atoms with Crippen LogP contribution in [0.3, 0.4) is 0 Å². The van der Waals surface area contributed by atoms with Gasteiger partial charge in [0.05, 0.1) is 12.0 Å². The van der Waals surface area contributed by atoms with Crippen molar-refractivity contribution in [2.45, 2.75) is 52.6 Å². The van der Waals surface area contributed by atoms with Crippen molar-refractivity contribution in [1.29, 1.82) is 0 Å². The number of ether oxygens (including phenoxy) is 1. The number of hydrogen-bond acceptors (Lipinski definition) is 4. The molecule has 3 aromatic rings. The van der Waals surface area contributed by atoms with Crippen molar-refractivity contribution >= 4 is 16.8 Å². The van der Waals surface area contributed by atoms with Gasteiger partial charge in [0.15, 0.2) is 5.78 Å². The standard InChI is InChI=1S/C24H24O4/c1-4-5-6-17-11-22(26)28-23-15(3)24-19(12-18(17)23)20(25)13-21(27-24)16-9-7-14(2)8-10-16/h7-12,21H,4-6,13H2,1-3H3. The van der Waals surface area contributed by atoms with Crippen LogP contribution in [-0.2, 0) is 6.42 Å². The monoisotopic (exact) mass is 376 g/mol. The molecule has 0 radical (unpaired) electrons. The van der Waals surface area contributed by atoms with E-state index in [1.807, 2.05) is 44.2 Å². The molecule has 1 atom stereocenters. The third-order valence-corrected chi connectivity index (χ3v) is 5.48. The molecule has 1 unspecified atom stereocenters. The Kier molecular flexibility index (Phi) is 4.80. The van der Waals surface area contributed by atoms with Gasteiger partial charge in [0, 0.05) is 17.0 Å². The second-order valence-electron chi connectivity index (χ2n) is 7.59. The molecule has 2 heterocycles. The van der Waals surface area contributed by atoms with Crippen LogP contribution in [0.15, 0.2) is 45.6 Å². The first kappa shape index (κ1) is 18.5. The van der Waals surface area contributed by atoms with Gasteiger partial charge in [-0.3, -0.25) is 4.79 Å². The van der Waals surface area contributed by atoms with Gasteiger partial charge < -0.3 is 9.15 Å². The molecule has 0 saturated carbocycles. The van der Waals surface area contributed by atoms with E-state index in [9.17, 15) is 9.59 Å². The molecular formula is C24H24O4. The highest BCUT2D eigenvalue weighted by atomic mass is 16.5. The number of ketones is 1. The maximum atomic E-state index is 13.0. The highest BCUT2D eigenvalue weighted by Gasteiger charge is 2.30. The second kappa shape index (κ2) is 7.27. The lowest BCUT2D eigenvalue weighted by Gasteiger charge is -2.27. The van der Waals surface area contributed by atoms with E-state index >= 15 is 0 Å². The molecule has 1 aliphatic heterocycles. The Morgan fingerprint density at radius 1 is 1.07 bits per heavy atom. The fourth-order valence-corrected chi connectivity index (χ4v) is 3.86. The van der Waals surface area contributed by atoms with Gasteiger partial charge in [-0.05, 0) is 43.9 Å². The van der Waals surface area contributed by atoms with E-state index in [1.165, 1.54) is 0 Å². The predicted octanol–water partition coefficient (Wildman–Crippen LogP) is 5.46. The van der Waals surface area contributed by atoms with Gasteiger partial charge in [0.2, 0.25) is 0 Å². The van der Waals surface area contributed by atoms with Crippen LogP contribution in [-0.4, -0.2) is 5.78 Å². The third-order valence-electron chi connectivity index (χ3n) is 5.48. The molecule has 28 heavy (non-hydrogen) atoms. The molecule has 4 rings (SSSR count). The van der Waals surface area contributed by atoms with Gasteiger partial charge in [-0.25, -0.2) is 4.79 Å². The van der Waals surface area contributed by atoms with Gasteiger partial charge in [-0.1, -0.05) is 43.2 Å². The van der Waals surface area contributed by atoms with Gasteiger partial charge in [0.25, 0.3) is 0 Å². The Labute approximate surface area is 164 Å². The van der Waals surface area contributed by atoms with Crippen molar-refractivity contribution < 1.29 is 13.9 Å². The molecular weight excluding hydrogens is 352 g/mol. The lowest BCUT2D eigenvalue weighted by Crippen LogP contribution is -2.21. The molecule has 0 N–H and O–H groups in total. The van der Waals surface area contributed by atoms with Crippen LogP contribution in [0, 0.1) is 13.8 Å². The zero-order valence-corrected chi connectivity index (χ0v) is 16.5. The average Bonchev–Trinajstić information content (AvgIpc) is 2.68. The van der Waals surface area contributed by atoms with E-state index in [1.54, 1.807) is 6.07 Å². The van der Waals surface area contributed by atoms with Crippen LogP contribution >= 0.6 is 0 Å². The lowest BCUT2D eigenvalue weighted by molar-refractivity contribution is 0.0849. The molecule has 2 aromatic carbocycles. The number of benzene rings is 2. The van der Waals surface area contributed by atoms with Crippen molar-refractivity contribution in [3.8, 4) is 5.75 Å². The second-order valence-corrected chi connectivity index (χ2v) is 7.59. The Bertz CT molecular complexity index is 1110. The molecule has 144 valence electrons. The summed E-state index contributed by atoms with van der Waals surface area (Å²) in [7, 11) is 0. The van der Waals surface area contributed by atoms with Gasteiger partial charge >= 0.3 is 5.63 Å². The summed E-state index contributed by atoms with van der Waals surface area (Å²) in [6.45, 7) is 6.00. The van der Waals surface area contributed by atoms with E-state index in [2.05, 4.69) is 6.92 Å². The first-order valence-corrected chi connectivity index (χ1v) is 9.84. The first-order valence-electron chi connectivity index (χ1n) is 9.84. The van der Waals surface area contributed by atoms with E-state index in [4.69, 9.17) is 9.15 Å². The SMILES string of the molecule is CCCCc1cc(=O)oc2c(C)c3c(cc12)C(=O)CC(c1ccc(C)cc1)O3. The summed E-state index contributed by atoms with van der Waals surface area (Å²) in [5, 5.41) is 0.843. The summed E-state index contributed by atoms with van der Waals surface area (Å²) >= 11 is 0. The minimum Gasteiger partial charge on any atom is -0.484 e. The normalized spacial score (nSPS) is 16.1. The number of hydrogen-bond donors (Lipinski definition) is 0. The number of rotatable bonds is 4. The Hall–Kier alpha value is -2.88. The molecule has 4 nitrogen and oxygen atoms in total. The van der Waals surface area contributed by atoms with Crippen LogP contribution < -0.4 is 10.4 Å². The lowest BCUT2D eigenvalue weighted by atomic mass is 9.91. The fraction of sp³-hybridized carbons (Fsp3) is 0.333. The predicted molar refractivity (Wildman–Crippen MR) is 109 cm³/mol. The number of unbranched alkanes of at least 4 members (excludes halogenated alkanes) is 1. The van der Waals surface area contributed by atoms with E-state index < -0.39 is 0 Å². The van der Waals surface area contributed by atoms with Crippen LogP contribution in [0.25, 0.3) is 11.0 Å². The zero-order chi connectivity index (χ0) is 19.8. The highest BCUT2D eigenvalue weighted by molar-refractivity contribution is 6.04. The summed E-state index contributed by atoms with van der Waals surface area (Å²) < 4.78 is 11.8. The highest BCUT2D eigenvalue weighted by Crippen LogP contribution is 2.41. The molecule has 0 aliphatic carbocycles. The van der Waals surface area contributed by atoms with Crippen LogP contribution in [0.2, 0.25) is 0 Å². The molecule has 0 fully saturated rings. The van der Waals surface area contributed by atoms with Gasteiger partial charge in [-0.15, -0.1) is 0 Å². The first-order chi connectivity index (χ1) is 13.5. The largest absolute Gasteiger partial charge is 0.484 e. The maximum absolute atomic E-state index is 13.0. The van der Waals surface area contributed by atoms with E-state index in [0.717, 1.165) is 41.3 Å². The molecule has 0 saturated heterocycles. The molecule has 0 bridgehead atoms. The topological polar surface area (TPSA) is 56.5 Å². The summed E-state index contributed by atoms with van der Waals surface area (Å²) in [4.78, 5) is 25.0. The quantitative estimate of drug-likeness (QED) is 0.568. The number of carbonyl (C=O) groups excluding carboxylic acids is 1. The number of fused-ring (bicyclic) bond motifs is 2. The molecule has 4 heteroatoms. The Balaban J connectivity index is 1.84. The minimum absolute atomic E-state index is 0.0597. The summed E-state index contributed by atoms with van der Waals surface area (Å²) in [5.74, 6) is 0.592. The van der Waals surface area contributed by atoms with Crippen molar-refractivity contribution in [2.75, 3.05) is 0 Å². The van der Waals surface area contributed by atoms with Crippen molar-refractivity contribution in [3.63, 3.8) is 0 Å². The number of carbonyl (C=O) groups is 1. The summed E-state index contributed by atoms with van der Waals surface area (Å²) in [5.41, 5.74) is 4.53. The van der Waals surface area contributed by atoms with Crippen LogP contribution in [0.1, 0.15) is 64.9 Å². The fourth-order valence-electron chi connectivity index (χ4n) is 3.86. The average molecular weight is 376 g/mol. The smallest absolute Gasteiger partial charge is 0.336 e. The van der Waals surface area contributed by atoms with Crippen molar-refractivity contribution in [3.05, 3.63) is 74.6 Å². The summed E-state index contributed by atoms with van der Waals surface area (Å²) in [6, 6.07) is 11.4. The zero-order valence-electron chi connectivity index (χ0n) is 16.5. The van der Waals surface area contributed by atoms with Crippen LogP contribution in [0.5, 0.6) is 5.75 Å². The van der Waals surface area contributed by atoms with Crippen LogP contribution in [0.4, 0.5) is 0 Å². The van der Waals surface area contributed by atoms with E-state index in [-0.39, 0.29) is 17.5 Å². The Morgan fingerprint density at radius 2 is 1.82 bits per heavy atom. The number of Topliss-reactive ketones (excluding diaryl/α,β-unsaturated/α-hetero) is 1. The Morgan fingerprint density at radius 3 is 2.54 bits per heavy atom. The number of aryl methyl sites for hydroxylation is 3. The van der Waals surface area contributed by atoms with E-state index in [0.29, 0.717) is 28.9 Å². The van der Waals surface area contributed by atoms with Gasteiger partial charge in [-0.2, -0.15) is 0 Å². The van der Waals surface area contributed by atoms with Crippen molar-refractivity contribution in [1.82, 2.24) is 0 Å².